The third-order valence-electron chi connectivity index (χ3n) is 2.75. The Bertz CT molecular complexity index is 567. The Labute approximate surface area is 118 Å². The van der Waals surface area contributed by atoms with Crippen molar-refractivity contribution in [1.82, 2.24) is 14.1 Å². The minimum absolute atomic E-state index is 0.00157. The van der Waals surface area contributed by atoms with E-state index in [0.29, 0.717) is 17.8 Å². The third-order valence-corrected chi connectivity index (χ3v) is 4.23. The molecule has 9 heteroatoms. The highest BCUT2D eigenvalue weighted by molar-refractivity contribution is 7.90. The molecule has 1 rings (SSSR count). The predicted molar refractivity (Wildman–Crippen MR) is 74.4 cm³/mol. The Balaban J connectivity index is 2.75. The fourth-order valence-corrected chi connectivity index (χ4v) is 2.50. The molecule has 0 saturated carbocycles. The van der Waals surface area contributed by atoms with Gasteiger partial charge in [-0.2, -0.15) is 17.8 Å². The first kappa shape index (κ1) is 16.4. The van der Waals surface area contributed by atoms with E-state index in [0.717, 1.165) is 4.31 Å². The molecular weight excluding hydrogens is 284 g/mol. The van der Waals surface area contributed by atoms with Gasteiger partial charge in [-0.25, -0.2) is 0 Å². The molecule has 1 aromatic heterocycles. The summed E-state index contributed by atoms with van der Waals surface area (Å²) < 4.78 is 33.8. The smallest absolute Gasteiger partial charge is 0.306 e. The molecule has 0 bridgehead atoms. The maximum Gasteiger partial charge on any atom is 0.306 e. The number of ether oxygens (including phenoxy) is 1. The van der Waals surface area contributed by atoms with Gasteiger partial charge in [0.2, 0.25) is 0 Å². The molecule has 0 unspecified atom stereocenters. The molecular formula is C11H20N4O4S. The molecule has 20 heavy (non-hydrogen) atoms. The second-order valence-corrected chi connectivity index (χ2v) is 6.05. The van der Waals surface area contributed by atoms with Gasteiger partial charge >= 0.3 is 16.2 Å². The van der Waals surface area contributed by atoms with E-state index in [1.807, 2.05) is 6.92 Å². The largest absolute Gasteiger partial charge is 0.469 e. The normalized spacial score (nSPS) is 11.7. The number of nitrogens with one attached hydrogen (secondary N) is 1. The summed E-state index contributed by atoms with van der Waals surface area (Å²) in [6.07, 6.45) is 2.22. The number of methoxy groups -OCH3 is 1. The van der Waals surface area contributed by atoms with Gasteiger partial charge in [-0.15, -0.1) is 0 Å². The number of rotatable bonds is 7. The van der Waals surface area contributed by atoms with Gasteiger partial charge in [0.15, 0.2) is 0 Å². The number of aryl methyl sites for hydroxylation is 2. The van der Waals surface area contributed by atoms with Crippen LogP contribution in [0.25, 0.3) is 0 Å². The van der Waals surface area contributed by atoms with E-state index in [-0.39, 0.29) is 13.0 Å². The zero-order valence-electron chi connectivity index (χ0n) is 12.1. The van der Waals surface area contributed by atoms with Crippen molar-refractivity contribution in [1.29, 1.82) is 0 Å². The lowest BCUT2D eigenvalue weighted by atomic mass is 10.3. The fraction of sp³-hybridized carbons (Fsp3) is 0.636. The molecule has 8 nitrogen and oxygen atoms in total. The molecule has 1 aromatic rings. The van der Waals surface area contributed by atoms with E-state index in [1.165, 1.54) is 14.2 Å². The minimum Gasteiger partial charge on any atom is -0.469 e. The molecule has 0 aliphatic carbocycles. The lowest BCUT2D eigenvalue weighted by Gasteiger charge is -2.17. The predicted octanol–water partition coefficient (Wildman–Crippen LogP) is 0.134. The summed E-state index contributed by atoms with van der Waals surface area (Å²) in [4.78, 5) is 11.0. The highest BCUT2D eigenvalue weighted by Crippen LogP contribution is 2.16. The monoisotopic (exact) mass is 304 g/mol. The van der Waals surface area contributed by atoms with Crippen molar-refractivity contribution in [3.63, 3.8) is 0 Å². The Kier molecular flexibility index (Phi) is 5.52. The minimum atomic E-state index is -3.71. The van der Waals surface area contributed by atoms with Crippen molar-refractivity contribution in [2.45, 2.75) is 19.8 Å². The lowest BCUT2D eigenvalue weighted by molar-refractivity contribution is -0.140. The topological polar surface area (TPSA) is 93.5 Å². The summed E-state index contributed by atoms with van der Waals surface area (Å²) in [7, 11) is 0.664. The molecule has 0 radical (unpaired) electrons. The summed E-state index contributed by atoms with van der Waals surface area (Å²) in [5, 5.41) is 4.16. The zero-order valence-corrected chi connectivity index (χ0v) is 12.9. The van der Waals surface area contributed by atoms with Crippen LogP contribution in [0.15, 0.2) is 6.20 Å². The number of hydrogen-bond donors (Lipinski definition) is 1. The van der Waals surface area contributed by atoms with Gasteiger partial charge in [0, 0.05) is 26.8 Å². The Morgan fingerprint density at radius 2 is 2.20 bits per heavy atom. The van der Waals surface area contributed by atoms with Crippen molar-refractivity contribution in [3.8, 4) is 0 Å². The number of carbonyl (C=O) groups excluding carboxylic acids is 1. The maximum absolute atomic E-state index is 12.1. The van der Waals surface area contributed by atoms with Crippen LogP contribution in [0, 0.1) is 0 Å². The van der Waals surface area contributed by atoms with Gasteiger partial charge in [-0.3, -0.25) is 14.2 Å². The average molecular weight is 304 g/mol. The number of hydrogen-bond acceptors (Lipinski definition) is 5. The van der Waals surface area contributed by atoms with Crippen LogP contribution in [-0.2, 0) is 33.2 Å². The zero-order chi connectivity index (χ0) is 15.3. The SMILES string of the molecule is CCc1nn(C)cc1NS(=O)(=O)N(C)CCC(=O)OC. The third kappa shape index (κ3) is 4.20. The number of esters is 1. The van der Waals surface area contributed by atoms with Crippen LogP contribution in [0.5, 0.6) is 0 Å². The summed E-state index contributed by atoms with van der Waals surface area (Å²) >= 11 is 0. The molecule has 0 amide bonds. The number of nitrogens with zero attached hydrogens (tertiary/aromatic N) is 3. The molecule has 0 fully saturated rings. The number of anilines is 1. The summed E-state index contributed by atoms with van der Waals surface area (Å²) in [5.74, 6) is -0.456. The van der Waals surface area contributed by atoms with Crippen LogP contribution >= 0.6 is 0 Å². The van der Waals surface area contributed by atoms with E-state index in [9.17, 15) is 13.2 Å². The molecule has 0 atom stereocenters. The molecule has 0 spiro atoms. The van der Waals surface area contributed by atoms with Crippen molar-refractivity contribution in [2.24, 2.45) is 7.05 Å². The summed E-state index contributed by atoms with van der Waals surface area (Å²) in [6.45, 7) is 1.94. The van der Waals surface area contributed by atoms with E-state index in [4.69, 9.17) is 0 Å². The number of carbonyl (C=O) groups is 1. The molecule has 0 saturated heterocycles. The summed E-state index contributed by atoms with van der Waals surface area (Å²) in [5.41, 5.74) is 1.11. The second kappa shape index (κ2) is 6.71. The lowest BCUT2D eigenvalue weighted by Crippen LogP contribution is -2.34. The van der Waals surface area contributed by atoms with Crippen molar-refractivity contribution < 1.29 is 17.9 Å². The molecule has 0 aliphatic heterocycles. The van der Waals surface area contributed by atoms with E-state index >= 15 is 0 Å². The Morgan fingerprint density at radius 3 is 2.75 bits per heavy atom. The first-order valence-corrected chi connectivity index (χ1v) is 7.57. The van der Waals surface area contributed by atoms with Crippen molar-refractivity contribution in [3.05, 3.63) is 11.9 Å². The first-order chi connectivity index (χ1) is 9.30. The fourth-order valence-electron chi connectivity index (χ4n) is 1.57. The number of aromatic nitrogens is 2. The van der Waals surface area contributed by atoms with Gasteiger partial charge in [-0.1, -0.05) is 6.92 Å². The van der Waals surface area contributed by atoms with Gasteiger partial charge in [0.25, 0.3) is 0 Å². The van der Waals surface area contributed by atoms with Crippen molar-refractivity contribution >= 4 is 21.9 Å². The molecule has 1 N–H and O–H groups in total. The molecule has 0 aliphatic rings. The summed E-state index contributed by atoms with van der Waals surface area (Å²) in [6, 6.07) is 0. The van der Waals surface area contributed by atoms with E-state index < -0.39 is 16.2 Å². The molecule has 0 aromatic carbocycles. The van der Waals surface area contributed by atoms with Crippen LogP contribution in [0.1, 0.15) is 19.0 Å². The van der Waals surface area contributed by atoms with Crippen LogP contribution in [0.4, 0.5) is 5.69 Å². The van der Waals surface area contributed by atoms with Crippen LogP contribution < -0.4 is 4.72 Å². The first-order valence-electron chi connectivity index (χ1n) is 6.13. The van der Waals surface area contributed by atoms with Crippen LogP contribution in [0.3, 0.4) is 0 Å². The average Bonchev–Trinajstić information content (AvgIpc) is 2.74. The van der Waals surface area contributed by atoms with E-state index in [2.05, 4.69) is 14.6 Å². The molecule has 1 heterocycles. The highest BCUT2D eigenvalue weighted by atomic mass is 32.2. The van der Waals surface area contributed by atoms with Crippen molar-refractivity contribution in [2.75, 3.05) is 25.4 Å². The standard InChI is InChI=1S/C11H20N4O4S/c1-5-9-10(8-14(2)12-9)13-20(17,18)15(3)7-6-11(16)19-4/h8,13H,5-7H2,1-4H3. The van der Waals surface area contributed by atoms with Gasteiger partial charge < -0.3 is 4.74 Å². The molecule has 114 valence electrons. The Morgan fingerprint density at radius 1 is 1.55 bits per heavy atom. The second-order valence-electron chi connectivity index (χ2n) is 4.27. The van der Waals surface area contributed by atoms with Crippen LogP contribution in [0.2, 0.25) is 0 Å². The van der Waals surface area contributed by atoms with Crippen LogP contribution in [-0.4, -0.2) is 49.2 Å². The van der Waals surface area contributed by atoms with Gasteiger partial charge in [0.05, 0.1) is 24.9 Å². The highest BCUT2D eigenvalue weighted by Gasteiger charge is 2.20. The van der Waals surface area contributed by atoms with Gasteiger partial charge in [0.1, 0.15) is 0 Å². The maximum atomic E-state index is 12.1. The quantitative estimate of drug-likeness (QED) is 0.723. The Hall–Kier alpha value is -1.61. The van der Waals surface area contributed by atoms with E-state index in [1.54, 1.807) is 17.9 Å². The van der Waals surface area contributed by atoms with Gasteiger partial charge in [-0.05, 0) is 6.42 Å².